The van der Waals surface area contributed by atoms with Crippen LogP contribution in [0.5, 0.6) is 5.75 Å². The molecule has 194 valence electrons. The zero-order valence-electron chi connectivity index (χ0n) is 20.6. The Morgan fingerprint density at radius 1 is 1.19 bits per heavy atom. The second-order valence-electron chi connectivity index (χ2n) is 9.57. The summed E-state index contributed by atoms with van der Waals surface area (Å²) < 4.78 is 20.9. The maximum Gasteiger partial charge on any atom is 0.127 e. The van der Waals surface area contributed by atoms with Crippen molar-refractivity contribution in [3.05, 3.63) is 64.3 Å². The predicted molar refractivity (Wildman–Crippen MR) is 148 cm³/mol. The Labute approximate surface area is 227 Å². The van der Waals surface area contributed by atoms with Gasteiger partial charge in [0, 0.05) is 33.7 Å². The van der Waals surface area contributed by atoms with Gasteiger partial charge in [-0.3, -0.25) is 4.98 Å². The summed E-state index contributed by atoms with van der Waals surface area (Å²) in [5.74, 6) is 1.68. The minimum Gasteiger partial charge on any atom is -0.497 e. The van der Waals surface area contributed by atoms with E-state index in [4.69, 9.17) is 27.9 Å². The number of benzene rings is 2. The van der Waals surface area contributed by atoms with Gasteiger partial charge in [0.25, 0.3) is 0 Å². The Kier molecular flexibility index (Phi) is 9.76. The van der Waals surface area contributed by atoms with Crippen molar-refractivity contribution in [2.75, 3.05) is 39.1 Å². The van der Waals surface area contributed by atoms with E-state index in [0.29, 0.717) is 40.1 Å². The SMILES string of the molecule is COc1ccc2ncc(Cl)c([C@@H](F)CCC3(CO)CCN(CCCSc4cccc(Cl)c4)CC3)c2c1. The Hall–Kier alpha value is -1.57. The molecule has 1 aliphatic rings. The first kappa shape index (κ1) is 27.5. The van der Waals surface area contributed by atoms with Crippen LogP contribution in [0.25, 0.3) is 10.9 Å². The molecule has 1 aromatic heterocycles. The zero-order chi connectivity index (χ0) is 25.5. The van der Waals surface area contributed by atoms with Crippen molar-refractivity contribution < 1.29 is 14.2 Å². The lowest BCUT2D eigenvalue weighted by molar-refractivity contribution is 0.0304. The predicted octanol–water partition coefficient (Wildman–Crippen LogP) is 7.60. The molecule has 0 saturated carbocycles. The number of halogens is 3. The number of aliphatic hydroxyl groups excluding tert-OH is 1. The molecule has 0 radical (unpaired) electrons. The second-order valence-corrected chi connectivity index (χ2v) is 11.6. The summed E-state index contributed by atoms with van der Waals surface area (Å²) in [6.07, 6.45) is 4.04. The number of hydrogen-bond donors (Lipinski definition) is 1. The highest BCUT2D eigenvalue weighted by molar-refractivity contribution is 7.99. The molecular weight excluding hydrogens is 518 g/mol. The Bertz CT molecular complexity index is 1160. The van der Waals surface area contributed by atoms with Gasteiger partial charge in [-0.1, -0.05) is 29.3 Å². The first-order valence-corrected chi connectivity index (χ1v) is 14.1. The number of ether oxygens (including phenoxy) is 1. The number of alkyl halides is 1. The molecule has 0 amide bonds. The van der Waals surface area contributed by atoms with Crippen LogP contribution in [0, 0.1) is 5.41 Å². The van der Waals surface area contributed by atoms with E-state index in [-0.39, 0.29) is 12.0 Å². The number of nitrogens with zero attached hydrogens (tertiary/aromatic N) is 2. The van der Waals surface area contributed by atoms with Gasteiger partial charge in [0.15, 0.2) is 0 Å². The number of methoxy groups -OCH3 is 1. The summed E-state index contributed by atoms with van der Waals surface area (Å²) in [7, 11) is 1.58. The molecule has 0 bridgehead atoms. The molecule has 0 aliphatic carbocycles. The molecule has 1 aliphatic heterocycles. The van der Waals surface area contributed by atoms with E-state index in [1.165, 1.54) is 11.1 Å². The fourth-order valence-electron chi connectivity index (χ4n) is 4.96. The van der Waals surface area contributed by atoms with Gasteiger partial charge in [-0.15, -0.1) is 11.8 Å². The van der Waals surface area contributed by atoms with Crippen molar-refractivity contribution in [3.8, 4) is 5.75 Å². The lowest BCUT2D eigenvalue weighted by atomic mass is 9.74. The van der Waals surface area contributed by atoms with E-state index in [9.17, 15) is 5.11 Å². The molecular formula is C28H33Cl2FN2O2S. The number of fused-ring (bicyclic) bond motifs is 1. The van der Waals surface area contributed by atoms with Crippen LogP contribution in [0.1, 0.15) is 43.8 Å². The summed E-state index contributed by atoms with van der Waals surface area (Å²) in [5, 5.41) is 12.0. The Balaban J connectivity index is 1.29. The van der Waals surface area contributed by atoms with E-state index in [0.717, 1.165) is 49.7 Å². The Morgan fingerprint density at radius 3 is 2.72 bits per heavy atom. The number of aromatic nitrogens is 1. The highest BCUT2D eigenvalue weighted by atomic mass is 35.5. The average Bonchev–Trinajstić information content (AvgIpc) is 2.90. The van der Waals surface area contributed by atoms with Gasteiger partial charge in [-0.05, 0) is 99.3 Å². The van der Waals surface area contributed by atoms with Crippen LogP contribution in [0.4, 0.5) is 4.39 Å². The highest BCUT2D eigenvalue weighted by Gasteiger charge is 2.35. The van der Waals surface area contributed by atoms with Crippen molar-refractivity contribution in [1.29, 1.82) is 0 Å². The van der Waals surface area contributed by atoms with Crippen molar-refractivity contribution in [3.63, 3.8) is 0 Å². The monoisotopic (exact) mass is 550 g/mol. The van der Waals surface area contributed by atoms with Gasteiger partial charge in [0.2, 0.25) is 0 Å². The first-order valence-electron chi connectivity index (χ1n) is 12.4. The number of pyridine rings is 1. The molecule has 1 atom stereocenters. The van der Waals surface area contributed by atoms with E-state index in [1.54, 1.807) is 13.2 Å². The lowest BCUT2D eigenvalue weighted by Gasteiger charge is -2.41. The fraction of sp³-hybridized carbons (Fsp3) is 0.464. The number of thioether (sulfide) groups is 1. The molecule has 1 saturated heterocycles. The molecule has 8 heteroatoms. The number of hydrogen-bond acceptors (Lipinski definition) is 5. The number of rotatable bonds is 11. The molecule has 2 aromatic carbocycles. The molecule has 4 nitrogen and oxygen atoms in total. The van der Waals surface area contributed by atoms with Gasteiger partial charge in [-0.2, -0.15) is 0 Å². The summed E-state index contributed by atoms with van der Waals surface area (Å²) in [6.45, 7) is 2.96. The molecule has 0 spiro atoms. The quantitative estimate of drug-likeness (QED) is 0.196. The molecule has 2 heterocycles. The summed E-state index contributed by atoms with van der Waals surface area (Å²) in [5.41, 5.74) is 0.906. The first-order chi connectivity index (χ1) is 17.4. The third-order valence-electron chi connectivity index (χ3n) is 7.25. The molecule has 3 aromatic rings. The van der Waals surface area contributed by atoms with Crippen molar-refractivity contribution >= 4 is 45.9 Å². The van der Waals surface area contributed by atoms with Crippen LogP contribution in [-0.4, -0.2) is 54.1 Å². The van der Waals surface area contributed by atoms with Crippen molar-refractivity contribution in [1.82, 2.24) is 9.88 Å². The van der Waals surface area contributed by atoms with Gasteiger partial charge in [0.05, 0.1) is 17.6 Å². The van der Waals surface area contributed by atoms with Crippen LogP contribution >= 0.6 is 35.0 Å². The van der Waals surface area contributed by atoms with E-state index < -0.39 is 6.17 Å². The van der Waals surface area contributed by atoms with Crippen LogP contribution in [0.3, 0.4) is 0 Å². The van der Waals surface area contributed by atoms with Crippen LogP contribution in [0.2, 0.25) is 10.0 Å². The minimum atomic E-state index is -1.24. The van der Waals surface area contributed by atoms with E-state index in [2.05, 4.69) is 16.0 Å². The van der Waals surface area contributed by atoms with Crippen LogP contribution in [-0.2, 0) is 0 Å². The minimum absolute atomic E-state index is 0.0802. The topological polar surface area (TPSA) is 45.6 Å². The van der Waals surface area contributed by atoms with Crippen LogP contribution < -0.4 is 4.74 Å². The zero-order valence-corrected chi connectivity index (χ0v) is 22.9. The normalized spacial score (nSPS) is 16.8. The smallest absolute Gasteiger partial charge is 0.127 e. The van der Waals surface area contributed by atoms with Crippen LogP contribution in [0.15, 0.2) is 53.6 Å². The molecule has 1 N–H and O–H groups in total. The van der Waals surface area contributed by atoms with Gasteiger partial charge in [-0.25, -0.2) is 4.39 Å². The third kappa shape index (κ3) is 6.84. The molecule has 0 unspecified atom stereocenters. The number of aliphatic hydroxyl groups is 1. The molecule has 1 fully saturated rings. The fourth-order valence-corrected chi connectivity index (χ4v) is 6.38. The third-order valence-corrected chi connectivity index (χ3v) is 8.86. The number of likely N-dealkylation sites (tertiary alicyclic amines) is 1. The Morgan fingerprint density at radius 2 is 2.00 bits per heavy atom. The summed E-state index contributed by atoms with van der Waals surface area (Å²) in [6, 6.07) is 13.4. The average molecular weight is 552 g/mol. The van der Waals surface area contributed by atoms with Crippen molar-refractivity contribution in [2.24, 2.45) is 5.41 Å². The molecule has 4 rings (SSSR count). The maximum atomic E-state index is 15.6. The largest absolute Gasteiger partial charge is 0.497 e. The maximum absolute atomic E-state index is 15.6. The van der Waals surface area contributed by atoms with Gasteiger partial charge in [0.1, 0.15) is 11.9 Å². The van der Waals surface area contributed by atoms with Gasteiger partial charge >= 0.3 is 0 Å². The van der Waals surface area contributed by atoms with E-state index in [1.807, 2.05) is 42.1 Å². The lowest BCUT2D eigenvalue weighted by Crippen LogP contribution is -2.42. The molecule has 36 heavy (non-hydrogen) atoms. The standard InChI is InChI=1S/C28H33Cl2FN2O2S/c1-35-21-6-7-26-23(17-21)27(24(30)18-32-26)25(31)8-9-28(19-34)10-13-33(14-11-28)12-3-15-36-22-5-2-4-20(29)16-22/h2,4-7,16-18,25,34H,3,8-15,19H2,1H3/t25-/m0/s1. The summed E-state index contributed by atoms with van der Waals surface area (Å²) in [4.78, 5) is 7.99. The van der Waals surface area contributed by atoms with Gasteiger partial charge < -0.3 is 14.7 Å². The highest BCUT2D eigenvalue weighted by Crippen LogP contribution is 2.42. The second kappa shape index (κ2) is 12.8. The summed E-state index contributed by atoms with van der Waals surface area (Å²) >= 11 is 14.3. The van der Waals surface area contributed by atoms with Crippen molar-refractivity contribution in [2.45, 2.75) is 43.2 Å². The number of piperidine rings is 1. The van der Waals surface area contributed by atoms with E-state index >= 15 is 4.39 Å².